The number of carbonyl (C=O) groups excluding carboxylic acids is 1. The van der Waals surface area contributed by atoms with Crippen LogP contribution in [0.4, 0.5) is 14.5 Å². The number of sulfonamides is 1. The zero-order valence-electron chi connectivity index (χ0n) is 20.9. The van der Waals surface area contributed by atoms with Gasteiger partial charge in [0.05, 0.1) is 41.3 Å². The molecule has 1 heterocycles. The number of ether oxygens (including phenoxy) is 3. The van der Waals surface area contributed by atoms with Crippen LogP contribution in [0.2, 0.25) is 5.02 Å². The second-order valence-corrected chi connectivity index (χ2v) is 10.9. The summed E-state index contributed by atoms with van der Waals surface area (Å²) in [7, 11) is -3.08. The average Bonchev–Trinajstić information content (AvgIpc) is 2.88. The van der Waals surface area contributed by atoms with Crippen LogP contribution in [0.15, 0.2) is 59.5 Å². The molecule has 11 heteroatoms. The molecule has 0 amide bonds. The van der Waals surface area contributed by atoms with Crippen molar-refractivity contribution in [2.45, 2.75) is 37.8 Å². The minimum Gasteiger partial charge on any atom is -0.494 e. The minimum atomic E-state index is -4.31. The van der Waals surface area contributed by atoms with Gasteiger partial charge in [0.25, 0.3) is 10.0 Å². The number of benzene rings is 3. The second kappa shape index (κ2) is 11.2. The molecule has 202 valence electrons. The van der Waals surface area contributed by atoms with E-state index >= 15 is 0 Å². The van der Waals surface area contributed by atoms with Crippen LogP contribution in [0.25, 0.3) is 0 Å². The third-order valence-corrected chi connectivity index (χ3v) is 8.65. The summed E-state index contributed by atoms with van der Waals surface area (Å²) in [6, 6.07) is 11.4. The van der Waals surface area contributed by atoms with Crippen molar-refractivity contribution in [2.24, 2.45) is 5.92 Å². The van der Waals surface area contributed by atoms with Crippen LogP contribution in [0, 0.1) is 17.6 Å². The van der Waals surface area contributed by atoms with E-state index in [0.717, 1.165) is 22.5 Å². The fourth-order valence-corrected chi connectivity index (χ4v) is 6.37. The Morgan fingerprint density at radius 3 is 2.55 bits per heavy atom. The van der Waals surface area contributed by atoms with Crippen molar-refractivity contribution in [3.63, 3.8) is 0 Å². The third kappa shape index (κ3) is 5.28. The molecule has 38 heavy (non-hydrogen) atoms. The number of anilines is 1. The van der Waals surface area contributed by atoms with Gasteiger partial charge in [-0.25, -0.2) is 17.2 Å². The maximum atomic E-state index is 14.2. The standard InChI is InChI=1S/C27H26ClF2NO6S/c1-4-36-27(32)20-12-17-8-9-18(37-15-21-22(28)6-5-7-23(21)29)13-25(17)31(16(20)2)38(33,34)19-10-11-24(30)26(14-19)35-3/h5-11,13-14,16,20H,4,12,15H2,1-3H3/t16-,20?/m1/s1. The Hall–Kier alpha value is -3.37. The summed E-state index contributed by atoms with van der Waals surface area (Å²) in [5.41, 5.74) is 0.999. The van der Waals surface area contributed by atoms with E-state index in [0.29, 0.717) is 5.56 Å². The lowest BCUT2D eigenvalue weighted by molar-refractivity contribution is -0.148. The van der Waals surface area contributed by atoms with E-state index in [-0.39, 0.29) is 52.3 Å². The summed E-state index contributed by atoms with van der Waals surface area (Å²) in [4.78, 5) is 12.6. The molecule has 0 saturated heterocycles. The number of esters is 1. The Morgan fingerprint density at radius 2 is 1.87 bits per heavy atom. The fourth-order valence-electron chi connectivity index (χ4n) is 4.42. The number of hydrogen-bond donors (Lipinski definition) is 0. The first-order valence-electron chi connectivity index (χ1n) is 11.8. The van der Waals surface area contributed by atoms with Crippen molar-refractivity contribution in [3.05, 3.63) is 82.4 Å². The van der Waals surface area contributed by atoms with Gasteiger partial charge in [0, 0.05) is 17.7 Å². The van der Waals surface area contributed by atoms with Crippen molar-refractivity contribution in [1.82, 2.24) is 0 Å². The molecular weight excluding hydrogens is 540 g/mol. The largest absolute Gasteiger partial charge is 0.494 e. The normalized spacial score (nSPS) is 17.1. The molecule has 0 N–H and O–H groups in total. The molecule has 0 saturated carbocycles. The Morgan fingerprint density at radius 1 is 1.11 bits per heavy atom. The summed E-state index contributed by atoms with van der Waals surface area (Å²) in [6.45, 7) is 3.23. The summed E-state index contributed by atoms with van der Waals surface area (Å²) in [5.74, 6) is -2.54. The maximum absolute atomic E-state index is 14.2. The molecule has 2 atom stereocenters. The van der Waals surface area contributed by atoms with E-state index in [4.69, 9.17) is 25.8 Å². The average molecular weight is 566 g/mol. The molecule has 0 bridgehead atoms. The number of rotatable bonds is 8. The van der Waals surface area contributed by atoms with Gasteiger partial charge in [0.1, 0.15) is 18.2 Å². The van der Waals surface area contributed by atoms with Crippen LogP contribution in [0.5, 0.6) is 11.5 Å². The quantitative estimate of drug-likeness (QED) is 0.334. The predicted molar refractivity (Wildman–Crippen MR) is 138 cm³/mol. The van der Waals surface area contributed by atoms with Gasteiger partial charge < -0.3 is 14.2 Å². The topological polar surface area (TPSA) is 82.1 Å². The minimum absolute atomic E-state index is 0.141. The lowest BCUT2D eigenvalue weighted by Crippen LogP contribution is -2.49. The van der Waals surface area contributed by atoms with Crippen LogP contribution in [-0.2, 0) is 32.6 Å². The number of nitrogens with zero attached hydrogens (tertiary/aromatic N) is 1. The first kappa shape index (κ1) is 27.7. The van der Waals surface area contributed by atoms with E-state index in [1.54, 1.807) is 32.0 Å². The van der Waals surface area contributed by atoms with Crippen molar-refractivity contribution in [2.75, 3.05) is 18.0 Å². The molecule has 3 aromatic rings. The van der Waals surface area contributed by atoms with E-state index in [1.807, 2.05) is 0 Å². The number of hydrogen-bond acceptors (Lipinski definition) is 6. The van der Waals surface area contributed by atoms with E-state index < -0.39 is 39.6 Å². The van der Waals surface area contributed by atoms with Crippen LogP contribution >= 0.6 is 11.6 Å². The van der Waals surface area contributed by atoms with Crippen molar-refractivity contribution >= 4 is 33.3 Å². The first-order chi connectivity index (χ1) is 18.1. The smallest absolute Gasteiger partial charge is 0.311 e. The molecule has 0 radical (unpaired) electrons. The lowest BCUT2D eigenvalue weighted by Gasteiger charge is -2.40. The van der Waals surface area contributed by atoms with Gasteiger partial charge >= 0.3 is 5.97 Å². The van der Waals surface area contributed by atoms with Gasteiger partial charge in [0.15, 0.2) is 11.6 Å². The highest BCUT2D eigenvalue weighted by Crippen LogP contribution is 2.41. The third-order valence-electron chi connectivity index (χ3n) is 6.40. The van der Waals surface area contributed by atoms with Gasteiger partial charge in [0.2, 0.25) is 0 Å². The van der Waals surface area contributed by atoms with Crippen molar-refractivity contribution in [1.29, 1.82) is 0 Å². The number of carbonyl (C=O) groups is 1. The summed E-state index contributed by atoms with van der Waals surface area (Å²) >= 11 is 6.10. The van der Waals surface area contributed by atoms with Gasteiger partial charge in [-0.1, -0.05) is 23.7 Å². The zero-order valence-corrected chi connectivity index (χ0v) is 22.5. The Bertz CT molecular complexity index is 1450. The molecule has 0 fully saturated rings. The molecule has 4 rings (SSSR count). The Kier molecular flexibility index (Phi) is 8.13. The monoisotopic (exact) mass is 565 g/mol. The highest BCUT2D eigenvalue weighted by atomic mass is 35.5. The van der Waals surface area contributed by atoms with Crippen LogP contribution in [-0.4, -0.2) is 34.1 Å². The molecular formula is C27H26ClF2NO6S. The van der Waals surface area contributed by atoms with E-state index in [9.17, 15) is 22.0 Å². The molecule has 0 aromatic heterocycles. The molecule has 1 aliphatic heterocycles. The van der Waals surface area contributed by atoms with Gasteiger partial charge in [-0.2, -0.15) is 0 Å². The van der Waals surface area contributed by atoms with Crippen LogP contribution in [0.3, 0.4) is 0 Å². The predicted octanol–water partition coefficient (Wildman–Crippen LogP) is 5.53. The lowest BCUT2D eigenvalue weighted by atomic mass is 9.88. The molecule has 3 aromatic carbocycles. The zero-order chi connectivity index (χ0) is 27.6. The highest BCUT2D eigenvalue weighted by Gasteiger charge is 2.43. The highest BCUT2D eigenvalue weighted by molar-refractivity contribution is 7.92. The molecule has 1 unspecified atom stereocenters. The van der Waals surface area contributed by atoms with Gasteiger partial charge in [-0.15, -0.1) is 0 Å². The van der Waals surface area contributed by atoms with Crippen molar-refractivity contribution < 1.29 is 36.2 Å². The number of halogens is 3. The summed E-state index contributed by atoms with van der Waals surface area (Å²) in [6.07, 6.45) is 0.230. The molecule has 0 aliphatic carbocycles. The van der Waals surface area contributed by atoms with Crippen LogP contribution in [0.1, 0.15) is 25.0 Å². The van der Waals surface area contributed by atoms with E-state index in [2.05, 4.69) is 0 Å². The summed E-state index contributed by atoms with van der Waals surface area (Å²) in [5, 5.41) is 0.198. The van der Waals surface area contributed by atoms with Crippen LogP contribution < -0.4 is 13.8 Å². The number of methoxy groups -OCH3 is 1. The second-order valence-electron chi connectivity index (χ2n) is 8.68. The molecule has 0 spiro atoms. The molecule has 1 aliphatic rings. The van der Waals surface area contributed by atoms with E-state index in [1.165, 1.54) is 25.3 Å². The Labute approximate surface area is 224 Å². The molecule has 7 nitrogen and oxygen atoms in total. The SMILES string of the molecule is CCOC(=O)C1Cc2ccc(OCc3c(F)cccc3Cl)cc2N(S(=O)(=O)c2ccc(F)c(OC)c2)[C@@H]1C. The van der Waals surface area contributed by atoms with Gasteiger partial charge in [-0.3, -0.25) is 9.10 Å². The Balaban J connectivity index is 1.78. The van der Waals surface area contributed by atoms with Crippen molar-refractivity contribution in [3.8, 4) is 11.5 Å². The number of fused-ring (bicyclic) bond motifs is 1. The van der Waals surface area contributed by atoms with Gasteiger partial charge in [-0.05, 0) is 56.2 Å². The first-order valence-corrected chi connectivity index (χ1v) is 13.6. The summed E-state index contributed by atoms with van der Waals surface area (Å²) < 4.78 is 73.2. The maximum Gasteiger partial charge on any atom is 0.311 e. The fraction of sp³-hybridized carbons (Fsp3) is 0.296.